The van der Waals surface area contributed by atoms with Crippen molar-refractivity contribution in [3.05, 3.63) is 59.7 Å². The van der Waals surface area contributed by atoms with E-state index in [2.05, 4.69) is 5.32 Å². The highest BCUT2D eigenvalue weighted by Crippen LogP contribution is 2.39. The number of hydrogen-bond donors (Lipinski definition) is 1. The molecule has 0 aromatic heterocycles. The molecular weight excluding hydrogens is 480 g/mol. The van der Waals surface area contributed by atoms with Gasteiger partial charge < -0.3 is 24.3 Å². The largest absolute Gasteiger partial charge is 0.493 e. The van der Waals surface area contributed by atoms with Crippen LogP contribution in [0.3, 0.4) is 0 Å². The van der Waals surface area contributed by atoms with Crippen LogP contribution in [0.1, 0.15) is 75.3 Å². The van der Waals surface area contributed by atoms with Gasteiger partial charge in [-0.2, -0.15) is 0 Å². The number of methoxy groups -OCH3 is 2. The lowest BCUT2D eigenvalue weighted by Crippen LogP contribution is -2.39. The molecule has 7 nitrogen and oxygen atoms in total. The summed E-state index contributed by atoms with van der Waals surface area (Å²) in [6.45, 7) is 0.381. The zero-order chi connectivity index (χ0) is 26.6. The second kappa shape index (κ2) is 14.5. The van der Waals surface area contributed by atoms with Crippen LogP contribution in [0.5, 0.6) is 17.2 Å². The number of esters is 1. The predicted octanol–water partition coefficient (Wildman–Crippen LogP) is 6.45. The minimum atomic E-state index is -0.467. The van der Waals surface area contributed by atoms with Crippen molar-refractivity contribution in [2.45, 2.75) is 82.9 Å². The molecule has 38 heavy (non-hydrogen) atoms. The number of nitrogens with zero attached hydrogens (tertiary/aromatic N) is 1. The van der Waals surface area contributed by atoms with Gasteiger partial charge in [0.15, 0.2) is 11.5 Å². The van der Waals surface area contributed by atoms with Crippen LogP contribution in [0.15, 0.2) is 53.5 Å². The van der Waals surface area contributed by atoms with E-state index in [4.69, 9.17) is 23.9 Å². The Bertz CT molecular complexity index is 1060. The lowest BCUT2D eigenvalue weighted by Gasteiger charge is -2.25. The van der Waals surface area contributed by atoms with E-state index < -0.39 is 5.97 Å². The summed E-state index contributed by atoms with van der Waals surface area (Å²) in [5.74, 6) is 1.08. The Hall–Kier alpha value is -3.48. The van der Waals surface area contributed by atoms with E-state index in [0.717, 1.165) is 36.8 Å². The number of hydrogen-bond acceptors (Lipinski definition) is 6. The van der Waals surface area contributed by atoms with Crippen molar-refractivity contribution >= 4 is 18.1 Å². The monoisotopic (exact) mass is 520 g/mol. The highest BCUT2D eigenvalue weighted by Gasteiger charge is 2.20. The molecule has 0 bridgehead atoms. The van der Waals surface area contributed by atoms with Gasteiger partial charge in [-0.25, -0.2) is 9.79 Å². The van der Waals surface area contributed by atoms with E-state index in [1.165, 1.54) is 44.6 Å². The first-order valence-electron chi connectivity index (χ1n) is 13.8. The quantitative estimate of drug-likeness (QED) is 0.177. The molecule has 0 atom stereocenters. The van der Waals surface area contributed by atoms with Crippen LogP contribution in [-0.2, 0) is 16.1 Å². The Morgan fingerprint density at radius 1 is 0.921 bits per heavy atom. The Morgan fingerprint density at radius 3 is 2.18 bits per heavy atom. The first kappa shape index (κ1) is 27.6. The summed E-state index contributed by atoms with van der Waals surface area (Å²) in [5, 5.41) is 3.42. The van der Waals surface area contributed by atoms with Gasteiger partial charge in [0, 0.05) is 12.1 Å². The SMILES string of the molecule is COc1cc(/C=C/C(=O)OC(=NC2CCCCC2)NC2CCCCC2)cc(OC)c1OCc1ccccc1. The van der Waals surface area contributed by atoms with Gasteiger partial charge in [-0.15, -0.1) is 0 Å². The van der Waals surface area contributed by atoms with Crippen molar-refractivity contribution in [1.29, 1.82) is 0 Å². The minimum absolute atomic E-state index is 0.212. The number of rotatable bonds is 9. The Kier molecular flexibility index (Phi) is 10.5. The van der Waals surface area contributed by atoms with E-state index in [-0.39, 0.29) is 6.04 Å². The summed E-state index contributed by atoms with van der Waals surface area (Å²) in [6, 6.07) is 14.4. The molecule has 0 amide bonds. The number of amidine groups is 1. The van der Waals surface area contributed by atoms with Crippen LogP contribution in [-0.4, -0.2) is 38.3 Å². The second-order valence-corrected chi connectivity index (χ2v) is 9.99. The molecule has 2 aromatic rings. The first-order chi connectivity index (χ1) is 18.6. The standard InChI is InChI=1S/C31H40N2O5/c1-35-27-20-24(21-28(36-2)30(27)37-22-23-12-6-3-7-13-23)18-19-29(34)38-31(32-25-14-8-4-9-15-25)33-26-16-10-5-11-17-26/h3,6-7,12-13,18-21,25-26H,4-5,8-11,14-17,22H2,1-2H3,(H,32,33)/b19-18+. The van der Waals surface area contributed by atoms with E-state index in [1.54, 1.807) is 20.3 Å². The molecule has 4 rings (SSSR count). The third-order valence-electron chi connectivity index (χ3n) is 7.13. The third kappa shape index (κ3) is 8.27. The van der Waals surface area contributed by atoms with Gasteiger partial charge in [0.1, 0.15) is 6.61 Å². The molecule has 2 fully saturated rings. The Labute approximate surface area is 226 Å². The highest BCUT2D eigenvalue weighted by molar-refractivity contribution is 5.96. The maximum Gasteiger partial charge on any atom is 0.338 e. The molecule has 2 aliphatic rings. The van der Waals surface area contributed by atoms with Crippen LogP contribution in [0.25, 0.3) is 6.08 Å². The molecule has 0 radical (unpaired) electrons. The molecule has 2 aliphatic carbocycles. The summed E-state index contributed by atoms with van der Waals surface area (Å²) >= 11 is 0. The molecule has 0 heterocycles. The zero-order valence-electron chi connectivity index (χ0n) is 22.6. The fourth-order valence-electron chi connectivity index (χ4n) is 5.05. The third-order valence-corrected chi connectivity index (χ3v) is 7.13. The van der Waals surface area contributed by atoms with E-state index in [1.807, 2.05) is 42.5 Å². The van der Waals surface area contributed by atoms with Crippen molar-refractivity contribution in [2.75, 3.05) is 14.2 Å². The number of nitrogens with one attached hydrogen (secondary N) is 1. The Morgan fingerprint density at radius 2 is 1.55 bits per heavy atom. The Balaban J connectivity index is 1.44. The van der Waals surface area contributed by atoms with Gasteiger partial charge >= 0.3 is 5.97 Å². The minimum Gasteiger partial charge on any atom is -0.493 e. The maximum absolute atomic E-state index is 12.8. The van der Waals surface area contributed by atoms with Gasteiger partial charge in [0.2, 0.25) is 5.75 Å². The topological polar surface area (TPSA) is 78.4 Å². The molecule has 0 spiro atoms. The smallest absolute Gasteiger partial charge is 0.338 e. The normalized spacial score (nSPS) is 17.3. The van der Waals surface area contributed by atoms with Crippen molar-refractivity contribution in [3.8, 4) is 17.2 Å². The molecule has 7 heteroatoms. The van der Waals surface area contributed by atoms with Crippen molar-refractivity contribution in [1.82, 2.24) is 5.32 Å². The lowest BCUT2D eigenvalue weighted by atomic mass is 9.95. The lowest BCUT2D eigenvalue weighted by molar-refractivity contribution is -0.130. The molecule has 2 aromatic carbocycles. The van der Waals surface area contributed by atoms with Gasteiger partial charge in [-0.05, 0) is 55.0 Å². The summed E-state index contributed by atoms with van der Waals surface area (Å²) in [6.07, 6.45) is 14.6. The first-order valence-corrected chi connectivity index (χ1v) is 13.8. The van der Waals surface area contributed by atoms with E-state index >= 15 is 0 Å². The van der Waals surface area contributed by atoms with Gasteiger partial charge in [0.05, 0.1) is 20.3 Å². The highest BCUT2D eigenvalue weighted by atomic mass is 16.6. The number of carbonyl (C=O) groups is 1. The fourth-order valence-corrected chi connectivity index (χ4v) is 5.05. The summed E-state index contributed by atoms with van der Waals surface area (Å²) in [4.78, 5) is 17.6. The molecule has 0 aliphatic heterocycles. The number of carbonyl (C=O) groups excluding carboxylic acids is 1. The van der Waals surface area contributed by atoms with Gasteiger partial charge in [-0.1, -0.05) is 68.9 Å². The van der Waals surface area contributed by atoms with E-state index in [9.17, 15) is 4.79 Å². The summed E-state index contributed by atoms with van der Waals surface area (Å²) < 4.78 is 22.9. The molecule has 1 N–H and O–H groups in total. The number of benzene rings is 2. The van der Waals surface area contributed by atoms with E-state index in [0.29, 0.717) is 35.9 Å². The second-order valence-electron chi connectivity index (χ2n) is 9.99. The van der Waals surface area contributed by atoms with Crippen molar-refractivity contribution in [2.24, 2.45) is 4.99 Å². The maximum atomic E-state index is 12.8. The number of ether oxygens (including phenoxy) is 4. The molecule has 204 valence electrons. The van der Waals surface area contributed by atoms with Crippen molar-refractivity contribution in [3.63, 3.8) is 0 Å². The molecular formula is C31H40N2O5. The average Bonchev–Trinajstić information content (AvgIpc) is 2.96. The summed E-state index contributed by atoms with van der Waals surface area (Å²) in [5.41, 5.74) is 1.77. The molecule has 2 saturated carbocycles. The van der Waals surface area contributed by atoms with Crippen LogP contribution in [0.4, 0.5) is 0 Å². The molecule has 0 saturated heterocycles. The summed E-state index contributed by atoms with van der Waals surface area (Å²) in [7, 11) is 3.16. The molecule has 0 unspecified atom stereocenters. The van der Waals surface area contributed by atoms with Crippen LogP contribution in [0, 0.1) is 0 Å². The average molecular weight is 521 g/mol. The zero-order valence-corrected chi connectivity index (χ0v) is 22.6. The number of aliphatic imine (C=N–C) groups is 1. The van der Waals surface area contributed by atoms with Crippen LogP contribution < -0.4 is 19.5 Å². The van der Waals surface area contributed by atoms with Crippen LogP contribution in [0.2, 0.25) is 0 Å². The van der Waals surface area contributed by atoms with Gasteiger partial charge in [-0.3, -0.25) is 0 Å². The fraction of sp³-hybridized carbons (Fsp3) is 0.484. The van der Waals surface area contributed by atoms with Gasteiger partial charge in [0.25, 0.3) is 6.02 Å². The van der Waals surface area contributed by atoms with Crippen LogP contribution >= 0.6 is 0 Å². The van der Waals surface area contributed by atoms with Crippen molar-refractivity contribution < 1.29 is 23.7 Å². The predicted molar refractivity (Wildman–Crippen MR) is 150 cm³/mol.